The van der Waals surface area contributed by atoms with Crippen molar-refractivity contribution in [2.75, 3.05) is 6.54 Å². The first-order valence-electron chi connectivity index (χ1n) is 6.76. The number of para-hydroxylation sites is 1. The Morgan fingerprint density at radius 1 is 1.26 bits per heavy atom. The van der Waals surface area contributed by atoms with Gasteiger partial charge in [0, 0.05) is 22.6 Å². The van der Waals surface area contributed by atoms with E-state index >= 15 is 0 Å². The van der Waals surface area contributed by atoms with Gasteiger partial charge in [0.2, 0.25) is 0 Å². The zero-order chi connectivity index (χ0) is 13.9. The molecule has 2 heteroatoms. The molecule has 0 amide bonds. The largest absolute Gasteiger partial charge is 0.336 e. The molecule has 1 N–H and O–H groups in total. The van der Waals surface area contributed by atoms with Crippen molar-refractivity contribution in [1.82, 2.24) is 9.88 Å². The standard InChI is InChI=1S/C17H22N2/c1-5-12-19-13-14(10-11-18-17(2,3)4)15-8-6-7-9-16(15)19/h1,6-9,13,18H,10-12H2,2-4H3. The fourth-order valence-electron chi connectivity index (χ4n) is 2.32. The molecule has 0 radical (unpaired) electrons. The molecule has 1 heterocycles. The van der Waals surface area contributed by atoms with Crippen molar-refractivity contribution in [1.29, 1.82) is 0 Å². The molecule has 1 aromatic carbocycles. The first-order valence-corrected chi connectivity index (χ1v) is 6.76. The van der Waals surface area contributed by atoms with Crippen LogP contribution in [0.4, 0.5) is 0 Å². The minimum atomic E-state index is 0.164. The van der Waals surface area contributed by atoms with E-state index in [0.29, 0.717) is 6.54 Å². The molecule has 0 saturated carbocycles. The molecule has 100 valence electrons. The van der Waals surface area contributed by atoms with Crippen LogP contribution in [0.2, 0.25) is 0 Å². The summed E-state index contributed by atoms with van der Waals surface area (Å²) >= 11 is 0. The zero-order valence-corrected chi connectivity index (χ0v) is 12.0. The van der Waals surface area contributed by atoms with Crippen LogP contribution in [-0.2, 0) is 13.0 Å². The monoisotopic (exact) mass is 254 g/mol. The molecule has 0 fully saturated rings. The summed E-state index contributed by atoms with van der Waals surface area (Å²) in [5.41, 5.74) is 2.76. The molecule has 2 nitrogen and oxygen atoms in total. The Morgan fingerprint density at radius 2 is 2.00 bits per heavy atom. The predicted octanol–water partition coefficient (Wildman–Crippen LogP) is 3.21. The van der Waals surface area contributed by atoms with Gasteiger partial charge in [0.15, 0.2) is 0 Å². The van der Waals surface area contributed by atoms with Gasteiger partial charge in [0.05, 0.1) is 6.54 Å². The molecule has 19 heavy (non-hydrogen) atoms. The Bertz CT molecular complexity index is 594. The molecule has 0 unspecified atom stereocenters. The normalized spacial score (nSPS) is 11.7. The summed E-state index contributed by atoms with van der Waals surface area (Å²) in [5, 5.41) is 4.84. The second kappa shape index (κ2) is 5.50. The second-order valence-electron chi connectivity index (χ2n) is 5.93. The van der Waals surface area contributed by atoms with Crippen molar-refractivity contribution in [2.24, 2.45) is 0 Å². The van der Waals surface area contributed by atoms with E-state index in [-0.39, 0.29) is 5.54 Å². The number of rotatable bonds is 4. The average molecular weight is 254 g/mol. The van der Waals surface area contributed by atoms with E-state index in [9.17, 15) is 0 Å². The summed E-state index contributed by atoms with van der Waals surface area (Å²) in [6, 6.07) is 8.46. The molecule has 0 atom stereocenters. The van der Waals surface area contributed by atoms with Gasteiger partial charge in [-0.1, -0.05) is 24.1 Å². The highest BCUT2D eigenvalue weighted by atomic mass is 15.0. The first kappa shape index (κ1) is 13.7. The summed E-state index contributed by atoms with van der Waals surface area (Å²) in [4.78, 5) is 0. The Balaban J connectivity index is 2.21. The summed E-state index contributed by atoms with van der Waals surface area (Å²) in [6.07, 6.45) is 8.65. The van der Waals surface area contributed by atoms with E-state index in [1.54, 1.807) is 0 Å². The smallest absolute Gasteiger partial charge is 0.0835 e. The maximum atomic E-state index is 5.43. The molecule has 0 aliphatic heterocycles. The molecule has 0 aliphatic rings. The van der Waals surface area contributed by atoms with Gasteiger partial charge in [-0.05, 0) is 45.4 Å². The van der Waals surface area contributed by atoms with Gasteiger partial charge in [-0.25, -0.2) is 0 Å². The summed E-state index contributed by atoms with van der Waals surface area (Å²) < 4.78 is 2.15. The van der Waals surface area contributed by atoms with Crippen LogP contribution in [0.1, 0.15) is 26.3 Å². The lowest BCUT2D eigenvalue weighted by Crippen LogP contribution is -2.37. The fourth-order valence-corrected chi connectivity index (χ4v) is 2.32. The lowest BCUT2D eigenvalue weighted by molar-refractivity contribution is 0.430. The van der Waals surface area contributed by atoms with Crippen molar-refractivity contribution < 1.29 is 0 Å². The number of benzene rings is 1. The molecule has 0 saturated heterocycles. The fraction of sp³-hybridized carbons (Fsp3) is 0.412. The topological polar surface area (TPSA) is 17.0 Å². The SMILES string of the molecule is C#CCn1cc(CCNC(C)(C)C)c2ccccc21. The van der Waals surface area contributed by atoms with Crippen LogP contribution in [0.15, 0.2) is 30.5 Å². The molecule has 0 spiro atoms. The van der Waals surface area contributed by atoms with E-state index in [2.05, 4.69) is 67.0 Å². The lowest BCUT2D eigenvalue weighted by atomic mass is 10.1. The molecular weight excluding hydrogens is 232 g/mol. The van der Waals surface area contributed by atoms with Gasteiger partial charge in [0.25, 0.3) is 0 Å². The van der Waals surface area contributed by atoms with E-state index in [1.165, 1.54) is 16.5 Å². The Morgan fingerprint density at radius 3 is 2.68 bits per heavy atom. The predicted molar refractivity (Wildman–Crippen MR) is 82.2 cm³/mol. The van der Waals surface area contributed by atoms with Crippen LogP contribution in [0.3, 0.4) is 0 Å². The van der Waals surface area contributed by atoms with Crippen LogP contribution >= 0.6 is 0 Å². The second-order valence-corrected chi connectivity index (χ2v) is 5.93. The van der Waals surface area contributed by atoms with Gasteiger partial charge in [-0.3, -0.25) is 0 Å². The third kappa shape index (κ3) is 3.39. The number of aromatic nitrogens is 1. The molecule has 1 aromatic heterocycles. The van der Waals surface area contributed by atoms with Crippen molar-refractivity contribution in [3.8, 4) is 12.3 Å². The van der Waals surface area contributed by atoms with Crippen LogP contribution in [0.25, 0.3) is 10.9 Å². The van der Waals surface area contributed by atoms with E-state index in [4.69, 9.17) is 6.42 Å². The quantitative estimate of drug-likeness (QED) is 0.829. The van der Waals surface area contributed by atoms with Gasteiger partial charge >= 0.3 is 0 Å². The molecule has 0 bridgehead atoms. The zero-order valence-electron chi connectivity index (χ0n) is 12.0. The first-order chi connectivity index (χ1) is 9.01. The van der Waals surface area contributed by atoms with Crippen molar-refractivity contribution in [3.63, 3.8) is 0 Å². The number of nitrogens with zero attached hydrogens (tertiary/aromatic N) is 1. The van der Waals surface area contributed by atoms with Crippen LogP contribution < -0.4 is 5.32 Å². The molecule has 2 rings (SSSR count). The Kier molecular flexibility index (Phi) is 3.97. The Labute approximate surface area is 115 Å². The maximum absolute atomic E-state index is 5.43. The molecule has 0 aliphatic carbocycles. The number of terminal acetylenes is 1. The summed E-state index contributed by atoms with van der Waals surface area (Å²) in [5.74, 6) is 2.72. The molecular formula is C17H22N2. The van der Waals surface area contributed by atoms with E-state index in [1.807, 2.05) is 0 Å². The van der Waals surface area contributed by atoms with Gasteiger partial charge in [0.1, 0.15) is 0 Å². The van der Waals surface area contributed by atoms with E-state index < -0.39 is 0 Å². The number of fused-ring (bicyclic) bond motifs is 1. The minimum absolute atomic E-state index is 0.164. The van der Waals surface area contributed by atoms with E-state index in [0.717, 1.165) is 13.0 Å². The van der Waals surface area contributed by atoms with Gasteiger partial charge < -0.3 is 9.88 Å². The average Bonchev–Trinajstić information content (AvgIpc) is 2.68. The van der Waals surface area contributed by atoms with Crippen LogP contribution in [-0.4, -0.2) is 16.7 Å². The highest BCUT2D eigenvalue weighted by Gasteiger charge is 2.10. The maximum Gasteiger partial charge on any atom is 0.0835 e. The number of nitrogens with one attached hydrogen (secondary N) is 1. The summed E-state index contributed by atoms with van der Waals surface area (Å²) in [6.45, 7) is 8.18. The van der Waals surface area contributed by atoms with Gasteiger partial charge in [-0.2, -0.15) is 0 Å². The van der Waals surface area contributed by atoms with Crippen molar-refractivity contribution >= 4 is 10.9 Å². The van der Waals surface area contributed by atoms with Crippen molar-refractivity contribution in [2.45, 2.75) is 39.3 Å². The minimum Gasteiger partial charge on any atom is -0.336 e. The summed E-state index contributed by atoms with van der Waals surface area (Å²) in [7, 11) is 0. The molecule has 2 aromatic rings. The third-order valence-electron chi connectivity index (χ3n) is 3.18. The Hall–Kier alpha value is -1.72. The lowest BCUT2D eigenvalue weighted by Gasteiger charge is -2.20. The third-order valence-corrected chi connectivity index (χ3v) is 3.18. The van der Waals surface area contributed by atoms with Crippen molar-refractivity contribution in [3.05, 3.63) is 36.0 Å². The van der Waals surface area contributed by atoms with Crippen LogP contribution in [0, 0.1) is 12.3 Å². The van der Waals surface area contributed by atoms with Gasteiger partial charge in [-0.15, -0.1) is 6.42 Å². The number of hydrogen-bond donors (Lipinski definition) is 1. The highest BCUT2D eigenvalue weighted by molar-refractivity contribution is 5.84. The van der Waals surface area contributed by atoms with Crippen LogP contribution in [0.5, 0.6) is 0 Å². The highest BCUT2D eigenvalue weighted by Crippen LogP contribution is 2.21. The number of hydrogen-bond acceptors (Lipinski definition) is 1.